The Morgan fingerprint density at radius 2 is 1.76 bits per heavy atom. The van der Waals surface area contributed by atoms with E-state index in [4.69, 9.17) is 11.6 Å². The molecule has 2 nitrogen and oxygen atoms in total. The predicted octanol–water partition coefficient (Wildman–Crippen LogP) is 3.08. The zero-order chi connectivity index (χ0) is 15.5. The zero-order valence-corrected chi connectivity index (χ0v) is 12.0. The first kappa shape index (κ1) is 16.2. The van der Waals surface area contributed by atoms with Crippen LogP contribution in [0.5, 0.6) is 0 Å². The summed E-state index contributed by atoms with van der Waals surface area (Å²) in [5, 5.41) is 10.2. The standard InChI is InChI=1S/C15H15ClF3NO/c16-13-5-3-12(4-6-13)2-1-9-20-10-7-14(21,8-11-20)15(17,18)19/h3-6,21H,7-11H2. The minimum atomic E-state index is -4.56. The molecule has 1 aromatic rings. The van der Waals surface area contributed by atoms with E-state index < -0.39 is 11.8 Å². The van der Waals surface area contributed by atoms with E-state index in [1.807, 2.05) is 4.90 Å². The first-order chi connectivity index (χ1) is 9.80. The number of aliphatic hydroxyl groups is 1. The predicted molar refractivity (Wildman–Crippen MR) is 75.0 cm³/mol. The van der Waals surface area contributed by atoms with Crippen LogP contribution in [0.4, 0.5) is 13.2 Å². The van der Waals surface area contributed by atoms with Crippen LogP contribution in [0, 0.1) is 11.8 Å². The van der Waals surface area contributed by atoms with Gasteiger partial charge in [-0.3, -0.25) is 4.90 Å². The second-order valence-corrected chi connectivity index (χ2v) is 5.55. The topological polar surface area (TPSA) is 23.5 Å². The lowest BCUT2D eigenvalue weighted by Crippen LogP contribution is -2.53. The van der Waals surface area contributed by atoms with Crippen molar-refractivity contribution in [1.29, 1.82) is 0 Å². The van der Waals surface area contributed by atoms with Crippen LogP contribution in [0.15, 0.2) is 24.3 Å². The Balaban J connectivity index is 1.86. The summed E-state index contributed by atoms with van der Waals surface area (Å²) in [6.45, 7) is 0.757. The molecule has 0 spiro atoms. The maximum Gasteiger partial charge on any atom is 0.417 e. The summed E-state index contributed by atoms with van der Waals surface area (Å²) >= 11 is 5.76. The van der Waals surface area contributed by atoms with Gasteiger partial charge in [-0.2, -0.15) is 13.2 Å². The molecule has 0 atom stereocenters. The van der Waals surface area contributed by atoms with Gasteiger partial charge in [0.15, 0.2) is 5.60 Å². The Morgan fingerprint density at radius 3 is 2.29 bits per heavy atom. The van der Waals surface area contributed by atoms with Gasteiger partial charge in [-0.05, 0) is 37.1 Å². The molecule has 0 bridgehead atoms. The van der Waals surface area contributed by atoms with Crippen LogP contribution >= 0.6 is 11.6 Å². The van der Waals surface area contributed by atoms with Crippen molar-refractivity contribution >= 4 is 11.6 Å². The molecule has 1 saturated heterocycles. The highest BCUT2D eigenvalue weighted by molar-refractivity contribution is 6.30. The van der Waals surface area contributed by atoms with Gasteiger partial charge in [0.1, 0.15) is 0 Å². The number of nitrogens with zero attached hydrogens (tertiary/aromatic N) is 1. The third-order valence-corrected chi connectivity index (χ3v) is 3.84. The van der Waals surface area contributed by atoms with Gasteiger partial charge in [0.2, 0.25) is 0 Å². The van der Waals surface area contributed by atoms with Crippen molar-refractivity contribution in [2.75, 3.05) is 19.6 Å². The lowest BCUT2D eigenvalue weighted by atomic mass is 9.91. The van der Waals surface area contributed by atoms with Crippen LogP contribution < -0.4 is 0 Å². The van der Waals surface area contributed by atoms with Gasteiger partial charge in [0, 0.05) is 23.7 Å². The fourth-order valence-corrected chi connectivity index (χ4v) is 2.28. The number of rotatable bonds is 1. The number of hydrogen-bond acceptors (Lipinski definition) is 2. The largest absolute Gasteiger partial charge is 0.417 e. The van der Waals surface area contributed by atoms with Crippen LogP contribution in [0.1, 0.15) is 18.4 Å². The highest BCUT2D eigenvalue weighted by Gasteiger charge is 2.54. The van der Waals surface area contributed by atoms with Crippen molar-refractivity contribution in [3.05, 3.63) is 34.9 Å². The third kappa shape index (κ3) is 4.13. The molecule has 0 aliphatic carbocycles. The maximum absolute atomic E-state index is 12.7. The van der Waals surface area contributed by atoms with Gasteiger partial charge in [-0.25, -0.2) is 0 Å². The smallest absolute Gasteiger partial charge is 0.380 e. The summed E-state index contributed by atoms with van der Waals surface area (Å²) < 4.78 is 38.0. The van der Waals surface area contributed by atoms with Crippen molar-refractivity contribution in [1.82, 2.24) is 4.90 Å². The lowest BCUT2D eigenvalue weighted by molar-refractivity contribution is -0.272. The fraction of sp³-hybridized carbons (Fsp3) is 0.467. The number of halogens is 4. The first-order valence-corrected chi connectivity index (χ1v) is 6.94. The molecule has 2 rings (SSSR count). The molecule has 114 valence electrons. The Morgan fingerprint density at radius 1 is 1.19 bits per heavy atom. The third-order valence-electron chi connectivity index (χ3n) is 3.59. The van der Waals surface area contributed by atoms with Gasteiger partial charge >= 0.3 is 6.18 Å². The summed E-state index contributed by atoms with van der Waals surface area (Å²) in [7, 11) is 0. The summed E-state index contributed by atoms with van der Waals surface area (Å²) in [5.41, 5.74) is -1.74. The van der Waals surface area contributed by atoms with E-state index in [0.717, 1.165) is 5.56 Å². The second kappa shape index (κ2) is 6.27. The second-order valence-electron chi connectivity index (χ2n) is 5.11. The van der Waals surface area contributed by atoms with Crippen molar-refractivity contribution in [3.8, 4) is 11.8 Å². The normalized spacial score (nSPS) is 18.9. The van der Waals surface area contributed by atoms with E-state index in [2.05, 4.69) is 11.8 Å². The van der Waals surface area contributed by atoms with E-state index in [-0.39, 0.29) is 25.9 Å². The van der Waals surface area contributed by atoms with E-state index >= 15 is 0 Å². The molecule has 1 N–H and O–H groups in total. The molecule has 1 heterocycles. The lowest BCUT2D eigenvalue weighted by Gasteiger charge is -2.38. The van der Waals surface area contributed by atoms with Gasteiger partial charge in [0.25, 0.3) is 0 Å². The molecule has 21 heavy (non-hydrogen) atoms. The molecule has 1 aromatic carbocycles. The van der Waals surface area contributed by atoms with Crippen LogP contribution in [0.3, 0.4) is 0 Å². The fourth-order valence-electron chi connectivity index (χ4n) is 2.15. The number of benzene rings is 1. The molecule has 0 radical (unpaired) electrons. The Labute approximate surface area is 126 Å². The summed E-state index contributed by atoms with van der Waals surface area (Å²) in [5.74, 6) is 5.86. The Kier molecular flexibility index (Phi) is 4.82. The summed E-state index contributed by atoms with van der Waals surface area (Å²) in [6.07, 6.45) is -5.17. The van der Waals surface area contributed by atoms with Gasteiger partial charge in [0.05, 0.1) is 6.54 Å². The molecule has 1 fully saturated rings. The molecule has 0 aromatic heterocycles. The van der Waals surface area contributed by atoms with Gasteiger partial charge in [-0.15, -0.1) is 0 Å². The first-order valence-electron chi connectivity index (χ1n) is 6.56. The highest BCUT2D eigenvalue weighted by Crippen LogP contribution is 2.38. The molecular formula is C15H15ClF3NO. The maximum atomic E-state index is 12.7. The average molecular weight is 318 g/mol. The quantitative estimate of drug-likeness (QED) is 0.805. The minimum Gasteiger partial charge on any atom is -0.380 e. The van der Waals surface area contributed by atoms with Crippen LogP contribution in [0.2, 0.25) is 5.02 Å². The van der Waals surface area contributed by atoms with E-state index in [0.29, 0.717) is 11.6 Å². The van der Waals surface area contributed by atoms with E-state index in [1.165, 1.54) is 0 Å². The molecule has 0 unspecified atom stereocenters. The molecular weight excluding hydrogens is 303 g/mol. The van der Waals surface area contributed by atoms with Crippen LogP contribution in [-0.4, -0.2) is 41.4 Å². The van der Waals surface area contributed by atoms with Crippen molar-refractivity contribution in [2.45, 2.75) is 24.6 Å². The average Bonchev–Trinajstić information content (AvgIpc) is 2.42. The van der Waals surface area contributed by atoms with Crippen LogP contribution in [0.25, 0.3) is 0 Å². The Bertz CT molecular complexity index is 537. The van der Waals surface area contributed by atoms with Crippen molar-refractivity contribution in [2.24, 2.45) is 0 Å². The van der Waals surface area contributed by atoms with Gasteiger partial charge in [-0.1, -0.05) is 23.4 Å². The molecule has 1 aliphatic rings. The minimum absolute atomic E-state index is 0.186. The van der Waals surface area contributed by atoms with Crippen LogP contribution in [-0.2, 0) is 0 Å². The number of hydrogen-bond donors (Lipinski definition) is 1. The SMILES string of the molecule is OC1(C(F)(F)F)CCN(CC#Cc2ccc(Cl)cc2)CC1. The summed E-state index contributed by atoms with van der Waals surface area (Å²) in [4.78, 5) is 1.81. The monoisotopic (exact) mass is 317 g/mol. The Hall–Kier alpha value is -1.22. The molecule has 6 heteroatoms. The summed E-state index contributed by atoms with van der Waals surface area (Å²) in [6, 6.07) is 7.04. The zero-order valence-electron chi connectivity index (χ0n) is 11.3. The molecule has 0 saturated carbocycles. The van der Waals surface area contributed by atoms with E-state index in [9.17, 15) is 18.3 Å². The molecule has 1 aliphatic heterocycles. The van der Waals surface area contributed by atoms with Crippen molar-refractivity contribution in [3.63, 3.8) is 0 Å². The van der Waals surface area contributed by atoms with E-state index in [1.54, 1.807) is 24.3 Å². The number of piperidine rings is 1. The number of likely N-dealkylation sites (tertiary alicyclic amines) is 1. The van der Waals surface area contributed by atoms with Crippen molar-refractivity contribution < 1.29 is 18.3 Å². The number of alkyl halides is 3. The molecule has 0 amide bonds. The van der Waals surface area contributed by atoms with Gasteiger partial charge < -0.3 is 5.11 Å². The highest BCUT2D eigenvalue weighted by atomic mass is 35.5.